The predicted molar refractivity (Wildman–Crippen MR) is 190 cm³/mol. The van der Waals surface area contributed by atoms with E-state index in [1.165, 1.54) is 22.8 Å². The molecule has 1 aliphatic rings. The molecular formula is C40H37FN4O2S. The predicted octanol–water partition coefficient (Wildman–Crippen LogP) is 5.77. The summed E-state index contributed by atoms with van der Waals surface area (Å²) in [6.45, 7) is 8.37. The molecule has 8 heteroatoms. The van der Waals surface area contributed by atoms with Gasteiger partial charge >= 0.3 is 0 Å². The molecule has 6 nitrogen and oxygen atoms in total. The summed E-state index contributed by atoms with van der Waals surface area (Å²) in [5.41, 5.74) is 3.57. The van der Waals surface area contributed by atoms with Crippen molar-refractivity contribution < 1.29 is 9.18 Å². The van der Waals surface area contributed by atoms with Crippen LogP contribution in [-0.2, 0) is 10.2 Å². The summed E-state index contributed by atoms with van der Waals surface area (Å²) in [6.07, 6.45) is 1.73. The molecule has 1 amide bonds. The smallest absolute Gasteiger partial charge is 0.273 e. The second kappa shape index (κ2) is 13.9. The Morgan fingerprint density at radius 2 is 1.40 bits per heavy atom. The lowest BCUT2D eigenvalue weighted by Gasteiger charge is -2.39. The Labute approximate surface area is 283 Å². The number of carbonyl (C=O) groups excluding carboxylic acids is 1. The van der Waals surface area contributed by atoms with Gasteiger partial charge in [0, 0.05) is 26.2 Å². The van der Waals surface area contributed by atoms with Crippen LogP contribution in [0.25, 0.3) is 17.3 Å². The second-order valence-corrected chi connectivity index (χ2v) is 13.9. The maximum absolute atomic E-state index is 15.2. The van der Waals surface area contributed by atoms with Crippen molar-refractivity contribution in [1.82, 2.24) is 14.4 Å². The molecule has 2 heterocycles. The number of carbonyl (C=O) groups is 1. The van der Waals surface area contributed by atoms with Crippen molar-refractivity contribution in [1.29, 1.82) is 5.26 Å². The van der Waals surface area contributed by atoms with Crippen LogP contribution in [0.4, 0.5) is 4.39 Å². The number of nitriles is 1. The van der Waals surface area contributed by atoms with Crippen LogP contribution >= 0.6 is 11.3 Å². The maximum Gasteiger partial charge on any atom is 0.273 e. The standard InChI is InChI=1S/C40H37FN4O2S/c1-40(2,3)31-20-18-28(19-21-31)26-35-38(47)45(34-17-11-10-16-33(34)41)39(48-35)32(27-42)37(46)44-24-22-43(23-25-44)36(29-12-6-4-7-13-29)30-14-8-5-9-15-30/h4-21,26,36H,22-25H2,1-3H3. The summed E-state index contributed by atoms with van der Waals surface area (Å²) in [5, 5.41) is 10.4. The molecule has 0 atom stereocenters. The molecule has 242 valence electrons. The first-order valence-electron chi connectivity index (χ1n) is 16.0. The number of thiazole rings is 1. The fourth-order valence-corrected chi connectivity index (χ4v) is 7.24. The number of aromatic nitrogens is 1. The second-order valence-electron chi connectivity index (χ2n) is 12.9. The zero-order valence-electron chi connectivity index (χ0n) is 27.3. The number of benzene rings is 4. The number of hydrogen-bond acceptors (Lipinski definition) is 5. The highest BCUT2D eigenvalue weighted by Crippen LogP contribution is 2.29. The molecular weight excluding hydrogens is 620 g/mol. The Hall–Kier alpha value is -5.10. The maximum atomic E-state index is 15.2. The van der Waals surface area contributed by atoms with E-state index in [0.29, 0.717) is 30.7 Å². The number of hydrogen-bond donors (Lipinski definition) is 0. The van der Waals surface area contributed by atoms with Gasteiger partial charge in [-0.25, -0.2) is 4.39 Å². The van der Waals surface area contributed by atoms with E-state index in [1.54, 1.807) is 17.0 Å². The van der Waals surface area contributed by atoms with Crippen LogP contribution in [0.2, 0.25) is 0 Å². The van der Waals surface area contributed by atoms with E-state index < -0.39 is 17.3 Å². The van der Waals surface area contributed by atoms with Crippen molar-refractivity contribution in [2.75, 3.05) is 26.2 Å². The molecule has 0 saturated carbocycles. The van der Waals surface area contributed by atoms with Gasteiger partial charge in [0.1, 0.15) is 16.5 Å². The Balaban J connectivity index is 1.37. The molecule has 6 rings (SSSR count). The van der Waals surface area contributed by atoms with Gasteiger partial charge in [0.15, 0.2) is 5.57 Å². The van der Waals surface area contributed by atoms with Crippen LogP contribution in [0.1, 0.15) is 49.1 Å². The fraction of sp³-hybridized carbons (Fsp3) is 0.225. The third-order valence-corrected chi connectivity index (χ3v) is 9.82. The Bertz CT molecular complexity index is 2100. The van der Waals surface area contributed by atoms with Gasteiger partial charge in [0.25, 0.3) is 11.5 Å². The number of amides is 1. The van der Waals surface area contributed by atoms with Crippen LogP contribution < -0.4 is 14.8 Å². The number of nitrogens with zero attached hydrogens (tertiary/aromatic N) is 4. The molecule has 1 fully saturated rings. The average molecular weight is 657 g/mol. The third kappa shape index (κ3) is 6.79. The van der Waals surface area contributed by atoms with E-state index >= 15 is 4.39 Å². The van der Waals surface area contributed by atoms with Gasteiger partial charge in [0.2, 0.25) is 0 Å². The molecule has 5 aromatic rings. The van der Waals surface area contributed by atoms with Gasteiger partial charge in [-0.3, -0.25) is 19.1 Å². The SMILES string of the molecule is CC(C)(C)c1ccc(C=c2sc(=C(C#N)C(=O)N3CCN(C(c4ccccc4)c4ccccc4)CC3)n(-c3ccccc3F)c2=O)cc1. The molecule has 0 N–H and O–H groups in total. The van der Waals surface area contributed by atoms with Crippen molar-refractivity contribution in [3.8, 4) is 11.8 Å². The van der Waals surface area contributed by atoms with Crippen LogP contribution in [0.15, 0.2) is 114 Å². The highest BCUT2D eigenvalue weighted by molar-refractivity contribution is 7.07. The molecule has 0 unspecified atom stereocenters. The topological polar surface area (TPSA) is 69.3 Å². The van der Waals surface area contributed by atoms with Crippen molar-refractivity contribution >= 4 is 28.9 Å². The van der Waals surface area contributed by atoms with E-state index in [4.69, 9.17) is 0 Å². The molecule has 1 aromatic heterocycles. The van der Waals surface area contributed by atoms with E-state index in [9.17, 15) is 14.9 Å². The third-order valence-electron chi connectivity index (χ3n) is 8.73. The first kappa shape index (κ1) is 32.8. The highest BCUT2D eigenvalue weighted by atomic mass is 32.1. The minimum Gasteiger partial charge on any atom is -0.335 e. The van der Waals surface area contributed by atoms with E-state index in [0.717, 1.165) is 33.6 Å². The molecule has 48 heavy (non-hydrogen) atoms. The van der Waals surface area contributed by atoms with Gasteiger partial charge in [0.05, 0.1) is 16.3 Å². The van der Waals surface area contributed by atoms with Crippen molar-refractivity contribution in [3.63, 3.8) is 0 Å². The molecule has 1 saturated heterocycles. The van der Waals surface area contributed by atoms with Crippen LogP contribution in [-0.4, -0.2) is 46.5 Å². The molecule has 0 spiro atoms. The number of halogens is 1. The summed E-state index contributed by atoms with van der Waals surface area (Å²) in [6, 6.07) is 36.5. The van der Waals surface area contributed by atoms with E-state index in [2.05, 4.69) is 56.0 Å². The quantitative estimate of drug-likeness (QED) is 0.233. The molecule has 0 bridgehead atoms. The van der Waals surface area contributed by atoms with E-state index in [1.807, 2.05) is 60.7 Å². The lowest BCUT2D eigenvalue weighted by Crippen LogP contribution is -2.50. The number of piperazine rings is 1. The Morgan fingerprint density at radius 1 is 0.833 bits per heavy atom. The monoisotopic (exact) mass is 656 g/mol. The molecule has 0 radical (unpaired) electrons. The van der Waals surface area contributed by atoms with Gasteiger partial charge < -0.3 is 4.90 Å². The molecule has 1 aliphatic heterocycles. The first-order chi connectivity index (χ1) is 23.2. The van der Waals surface area contributed by atoms with Gasteiger partial charge in [-0.1, -0.05) is 118 Å². The largest absolute Gasteiger partial charge is 0.335 e. The van der Waals surface area contributed by atoms with Gasteiger partial charge in [-0.2, -0.15) is 5.26 Å². The van der Waals surface area contributed by atoms with Crippen LogP contribution in [0.3, 0.4) is 0 Å². The zero-order chi connectivity index (χ0) is 33.8. The summed E-state index contributed by atoms with van der Waals surface area (Å²) in [5.74, 6) is -1.09. The molecule has 4 aromatic carbocycles. The lowest BCUT2D eigenvalue weighted by molar-refractivity contribution is -0.126. The minimum atomic E-state index is -0.619. The summed E-state index contributed by atoms with van der Waals surface area (Å²) < 4.78 is 16.8. The van der Waals surface area contributed by atoms with Gasteiger partial charge in [-0.15, -0.1) is 11.3 Å². The van der Waals surface area contributed by atoms with Crippen molar-refractivity contribution in [2.45, 2.75) is 32.2 Å². The lowest BCUT2D eigenvalue weighted by atomic mass is 9.87. The minimum absolute atomic E-state index is 0.00425. The van der Waals surface area contributed by atoms with Crippen molar-refractivity contribution in [3.05, 3.63) is 157 Å². The van der Waals surface area contributed by atoms with Gasteiger partial charge in [-0.05, 0) is 45.9 Å². The average Bonchev–Trinajstić information content (AvgIpc) is 3.41. The summed E-state index contributed by atoms with van der Waals surface area (Å²) >= 11 is 1.03. The van der Waals surface area contributed by atoms with Crippen LogP contribution in [0, 0.1) is 17.1 Å². The Kier molecular flexibility index (Phi) is 9.54. The zero-order valence-corrected chi connectivity index (χ0v) is 28.1. The van der Waals surface area contributed by atoms with Crippen LogP contribution in [0.5, 0.6) is 0 Å². The normalized spacial score (nSPS) is 15.0. The Morgan fingerprint density at radius 3 is 1.94 bits per heavy atom. The number of rotatable bonds is 6. The first-order valence-corrected chi connectivity index (χ1v) is 16.8. The number of para-hydroxylation sites is 1. The fourth-order valence-electron chi connectivity index (χ4n) is 6.15. The summed E-state index contributed by atoms with van der Waals surface area (Å²) in [7, 11) is 0. The summed E-state index contributed by atoms with van der Waals surface area (Å²) in [4.78, 5) is 32.0. The molecule has 0 aliphatic carbocycles. The highest BCUT2D eigenvalue weighted by Gasteiger charge is 2.30. The van der Waals surface area contributed by atoms with E-state index in [-0.39, 0.29) is 27.4 Å². The van der Waals surface area contributed by atoms with Crippen molar-refractivity contribution in [2.24, 2.45) is 0 Å².